The molecule has 2 aliphatic heterocycles. The standard InChI is InChI=1S/C34H32ClN3O5S/c1-21-9-7-12-26(36-21)33(40)38-28-13-8-14-29(39)30(28)37-27-18-34(2,3)20-44(41,42)32(27)31(38)24-16-15-23(17-25(24)35)43-19-22-10-5-4-6-11-22/h4-17,31,37,39H,18-20H2,1-3H3. The number of hydrogen-bond acceptors (Lipinski definition) is 7. The van der Waals surface area contributed by atoms with Crippen molar-refractivity contribution in [2.75, 3.05) is 16.0 Å². The van der Waals surface area contributed by atoms with Crippen LogP contribution in [0.1, 0.15) is 53.6 Å². The quantitative estimate of drug-likeness (QED) is 0.225. The van der Waals surface area contributed by atoms with Gasteiger partial charge in [-0.2, -0.15) is 0 Å². The van der Waals surface area contributed by atoms with Crippen LogP contribution in [0, 0.1) is 12.3 Å². The lowest BCUT2D eigenvalue weighted by Gasteiger charge is -2.37. The minimum atomic E-state index is -3.94. The number of fused-ring (bicyclic) bond motifs is 1. The van der Waals surface area contributed by atoms with Crippen LogP contribution in [0.15, 0.2) is 95.5 Å². The minimum absolute atomic E-state index is 0.0354. The Morgan fingerprint density at radius 3 is 2.55 bits per heavy atom. The summed E-state index contributed by atoms with van der Waals surface area (Å²) in [6.07, 6.45) is 0.368. The molecule has 10 heteroatoms. The number of phenolic OH excluding ortho intramolecular Hbond substituents is 1. The van der Waals surface area contributed by atoms with E-state index in [0.29, 0.717) is 41.4 Å². The van der Waals surface area contributed by atoms with Crippen LogP contribution in [0.5, 0.6) is 11.5 Å². The first kappa shape index (κ1) is 29.7. The molecule has 3 aromatic carbocycles. The van der Waals surface area contributed by atoms with Crippen molar-refractivity contribution >= 4 is 38.7 Å². The third-order valence-corrected chi connectivity index (χ3v) is 10.4. The van der Waals surface area contributed by atoms with Gasteiger partial charge in [-0.3, -0.25) is 9.69 Å². The average molecular weight is 630 g/mol. The van der Waals surface area contributed by atoms with Crippen LogP contribution < -0.4 is 15.0 Å². The number of nitrogens with one attached hydrogen (secondary N) is 1. The van der Waals surface area contributed by atoms with E-state index in [0.717, 1.165) is 5.56 Å². The fraction of sp³-hybridized carbons (Fsp3) is 0.235. The third-order valence-electron chi connectivity index (χ3n) is 7.77. The zero-order valence-corrected chi connectivity index (χ0v) is 26.1. The van der Waals surface area contributed by atoms with Crippen LogP contribution in [0.2, 0.25) is 5.02 Å². The molecule has 226 valence electrons. The van der Waals surface area contributed by atoms with Gasteiger partial charge in [0, 0.05) is 16.4 Å². The van der Waals surface area contributed by atoms with Gasteiger partial charge in [-0.1, -0.05) is 74.0 Å². The molecule has 0 saturated carbocycles. The summed E-state index contributed by atoms with van der Waals surface area (Å²) in [5.74, 6) is -0.296. The van der Waals surface area contributed by atoms with Crippen molar-refractivity contribution in [1.29, 1.82) is 0 Å². The first-order valence-corrected chi connectivity index (χ1v) is 16.2. The van der Waals surface area contributed by atoms with E-state index < -0.39 is 27.2 Å². The number of sulfone groups is 1. The number of hydrogen-bond donors (Lipinski definition) is 2. The third kappa shape index (κ3) is 5.65. The molecule has 3 heterocycles. The van der Waals surface area contributed by atoms with Gasteiger partial charge in [0.2, 0.25) is 0 Å². The van der Waals surface area contributed by atoms with Gasteiger partial charge in [0.1, 0.15) is 35.5 Å². The second-order valence-electron chi connectivity index (χ2n) is 11.9. The Balaban J connectivity index is 1.56. The topological polar surface area (TPSA) is 109 Å². The van der Waals surface area contributed by atoms with E-state index in [4.69, 9.17) is 16.3 Å². The molecule has 1 atom stereocenters. The second kappa shape index (κ2) is 11.3. The van der Waals surface area contributed by atoms with Gasteiger partial charge >= 0.3 is 0 Å². The number of carbonyl (C=O) groups excluding carboxylic acids is 1. The van der Waals surface area contributed by atoms with E-state index in [-0.39, 0.29) is 32.8 Å². The van der Waals surface area contributed by atoms with Crippen molar-refractivity contribution in [2.45, 2.75) is 39.8 Å². The first-order valence-electron chi connectivity index (χ1n) is 14.2. The van der Waals surface area contributed by atoms with E-state index in [9.17, 15) is 18.3 Å². The van der Waals surface area contributed by atoms with Crippen LogP contribution in [0.4, 0.5) is 11.4 Å². The molecule has 44 heavy (non-hydrogen) atoms. The lowest BCUT2D eigenvalue weighted by atomic mass is 9.88. The lowest BCUT2D eigenvalue weighted by molar-refractivity contribution is 0.0975. The number of amides is 1. The fourth-order valence-electron chi connectivity index (χ4n) is 5.95. The first-order chi connectivity index (χ1) is 20.9. The molecular weight excluding hydrogens is 598 g/mol. The van der Waals surface area contributed by atoms with E-state index in [1.54, 1.807) is 55.5 Å². The predicted molar refractivity (Wildman–Crippen MR) is 172 cm³/mol. The fourth-order valence-corrected chi connectivity index (χ4v) is 8.59. The molecule has 0 radical (unpaired) electrons. The van der Waals surface area contributed by atoms with Gasteiger partial charge in [0.15, 0.2) is 9.84 Å². The van der Waals surface area contributed by atoms with Gasteiger partial charge in [-0.15, -0.1) is 0 Å². The number of anilines is 2. The highest BCUT2D eigenvalue weighted by molar-refractivity contribution is 7.95. The van der Waals surface area contributed by atoms with Crippen LogP contribution in [0.25, 0.3) is 0 Å². The van der Waals surface area contributed by atoms with Gasteiger partial charge in [0.05, 0.1) is 16.3 Å². The zero-order valence-electron chi connectivity index (χ0n) is 24.5. The molecule has 1 amide bonds. The number of aromatic nitrogens is 1. The van der Waals surface area contributed by atoms with E-state index in [2.05, 4.69) is 10.3 Å². The van der Waals surface area contributed by atoms with Crippen LogP contribution in [0.3, 0.4) is 0 Å². The summed E-state index contributed by atoms with van der Waals surface area (Å²) < 4.78 is 34.4. The Morgan fingerprint density at radius 1 is 1.07 bits per heavy atom. The SMILES string of the molecule is Cc1cccc(C(=O)N2c3cccc(O)c3NC3=C(C2c2ccc(OCc4ccccc4)cc2Cl)S(=O)(=O)CC(C)(C)C3)n1. The molecule has 4 aromatic rings. The summed E-state index contributed by atoms with van der Waals surface area (Å²) in [5.41, 5.74) is 2.46. The number of ether oxygens (including phenoxy) is 1. The van der Waals surface area contributed by atoms with Crippen molar-refractivity contribution in [3.8, 4) is 11.5 Å². The van der Waals surface area contributed by atoms with Crippen molar-refractivity contribution in [3.63, 3.8) is 0 Å². The lowest BCUT2D eigenvalue weighted by Crippen LogP contribution is -2.41. The Hall–Kier alpha value is -4.34. The maximum Gasteiger partial charge on any atom is 0.277 e. The maximum atomic E-state index is 14.5. The number of aromatic hydroxyl groups is 1. The Bertz CT molecular complexity index is 1910. The Kier molecular flexibility index (Phi) is 7.63. The molecule has 2 aliphatic rings. The second-order valence-corrected chi connectivity index (χ2v) is 14.3. The number of benzene rings is 3. The molecule has 0 bridgehead atoms. The molecule has 0 saturated heterocycles. The molecular formula is C34H32ClN3O5S. The number of allylic oxidation sites excluding steroid dienone is 1. The van der Waals surface area contributed by atoms with Crippen molar-refractivity contribution < 1.29 is 23.1 Å². The van der Waals surface area contributed by atoms with Crippen molar-refractivity contribution in [1.82, 2.24) is 4.98 Å². The molecule has 0 fully saturated rings. The van der Waals surface area contributed by atoms with Crippen LogP contribution >= 0.6 is 11.6 Å². The Labute approximate surface area is 261 Å². The molecule has 8 nitrogen and oxygen atoms in total. The van der Waals surface area contributed by atoms with Gasteiger partial charge in [0.25, 0.3) is 5.91 Å². The number of phenols is 1. The maximum absolute atomic E-state index is 14.5. The molecule has 1 aromatic heterocycles. The molecule has 0 spiro atoms. The number of aryl methyl sites for hydroxylation is 1. The summed E-state index contributed by atoms with van der Waals surface area (Å²) in [5, 5.41) is 14.5. The van der Waals surface area contributed by atoms with E-state index >= 15 is 0 Å². The normalized spacial score (nSPS) is 18.5. The molecule has 6 rings (SSSR count). The number of rotatable bonds is 5. The summed E-state index contributed by atoms with van der Waals surface area (Å²) >= 11 is 6.96. The summed E-state index contributed by atoms with van der Waals surface area (Å²) in [7, 11) is -3.94. The number of nitrogens with zero attached hydrogens (tertiary/aromatic N) is 2. The number of carbonyl (C=O) groups is 1. The molecule has 1 unspecified atom stereocenters. The van der Waals surface area contributed by atoms with E-state index in [1.165, 1.54) is 11.0 Å². The van der Waals surface area contributed by atoms with Crippen LogP contribution in [-0.4, -0.2) is 30.2 Å². The smallest absolute Gasteiger partial charge is 0.277 e. The minimum Gasteiger partial charge on any atom is -0.506 e. The highest BCUT2D eigenvalue weighted by atomic mass is 35.5. The number of pyridine rings is 1. The highest BCUT2D eigenvalue weighted by Crippen LogP contribution is 2.52. The molecule has 2 N–H and O–H groups in total. The van der Waals surface area contributed by atoms with Crippen molar-refractivity contribution in [3.05, 3.63) is 123 Å². The average Bonchev–Trinajstić information content (AvgIpc) is 3.11. The highest BCUT2D eigenvalue weighted by Gasteiger charge is 2.48. The van der Waals surface area contributed by atoms with Gasteiger partial charge in [-0.25, -0.2) is 13.4 Å². The van der Waals surface area contributed by atoms with Crippen molar-refractivity contribution in [2.24, 2.45) is 5.41 Å². The van der Waals surface area contributed by atoms with E-state index in [1.807, 2.05) is 44.2 Å². The monoisotopic (exact) mass is 629 g/mol. The molecule has 0 aliphatic carbocycles. The number of para-hydroxylation sites is 1. The largest absolute Gasteiger partial charge is 0.506 e. The zero-order chi connectivity index (χ0) is 31.2. The van der Waals surface area contributed by atoms with Gasteiger partial charge in [-0.05, 0) is 66.3 Å². The Morgan fingerprint density at radius 2 is 1.82 bits per heavy atom. The summed E-state index contributed by atoms with van der Waals surface area (Å²) in [4.78, 5) is 20.4. The van der Waals surface area contributed by atoms with Gasteiger partial charge < -0.3 is 15.2 Å². The number of halogens is 1. The summed E-state index contributed by atoms with van der Waals surface area (Å²) in [6, 6.07) is 23.4. The van der Waals surface area contributed by atoms with Crippen LogP contribution in [-0.2, 0) is 16.4 Å². The predicted octanol–water partition coefficient (Wildman–Crippen LogP) is 7.20. The summed E-state index contributed by atoms with van der Waals surface area (Å²) in [6.45, 7) is 5.86.